The number of benzene rings is 1. The van der Waals surface area contributed by atoms with Crippen molar-refractivity contribution in [2.75, 3.05) is 24.6 Å². The highest BCUT2D eigenvalue weighted by Crippen LogP contribution is 2.37. The van der Waals surface area contributed by atoms with Crippen molar-refractivity contribution in [2.24, 2.45) is 0 Å². The lowest BCUT2D eigenvalue weighted by atomic mass is 10.0. The Labute approximate surface area is 106 Å². The number of ether oxygens (including phenoxy) is 1. The monoisotopic (exact) mass is 249 g/mol. The molecule has 1 aromatic rings. The van der Waals surface area contributed by atoms with E-state index in [2.05, 4.69) is 4.90 Å². The van der Waals surface area contributed by atoms with Crippen LogP contribution in [0.3, 0.4) is 0 Å². The largest absolute Gasteiger partial charge is 0.491 e. The van der Waals surface area contributed by atoms with Crippen LogP contribution in [-0.4, -0.2) is 25.5 Å². The first-order chi connectivity index (χ1) is 8.74. The number of carbonyl (C=O) groups excluding carboxylic acids is 1. The van der Waals surface area contributed by atoms with Crippen LogP contribution in [-0.2, 0) is 11.2 Å². The van der Waals surface area contributed by atoms with Gasteiger partial charge in [0.2, 0.25) is 0 Å². The van der Waals surface area contributed by atoms with Gasteiger partial charge < -0.3 is 9.64 Å². The van der Waals surface area contributed by atoms with Crippen molar-refractivity contribution in [1.82, 2.24) is 0 Å². The molecule has 3 rings (SSSR count). The quantitative estimate of drug-likeness (QED) is 0.765. The maximum absolute atomic E-state index is 13.6. The number of hydrogen-bond donors (Lipinski definition) is 0. The van der Waals surface area contributed by atoms with Crippen molar-refractivity contribution >= 4 is 11.5 Å². The minimum Gasteiger partial charge on any atom is -0.491 e. The lowest BCUT2D eigenvalue weighted by molar-refractivity contribution is -0.119. The number of fused-ring (bicyclic) bond motifs is 1. The summed E-state index contributed by atoms with van der Waals surface area (Å²) in [7, 11) is 0. The van der Waals surface area contributed by atoms with Crippen LogP contribution >= 0.6 is 0 Å². The van der Waals surface area contributed by atoms with E-state index in [1.165, 1.54) is 6.07 Å². The fourth-order valence-electron chi connectivity index (χ4n) is 2.66. The Kier molecular flexibility index (Phi) is 2.94. The molecule has 0 radical (unpaired) electrons. The Morgan fingerprint density at radius 1 is 1.17 bits per heavy atom. The summed E-state index contributed by atoms with van der Waals surface area (Å²) >= 11 is 0. The van der Waals surface area contributed by atoms with Crippen LogP contribution in [0, 0.1) is 5.82 Å². The van der Waals surface area contributed by atoms with Gasteiger partial charge in [-0.05, 0) is 24.5 Å². The van der Waals surface area contributed by atoms with Gasteiger partial charge >= 0.3 is 0 Å². The minimum absolute atomic E-state index is 0.217. The third-order valence-corrected chi connectivity index (χ3v) is 3.61. The Balaban J connectivity index is 1.95. The normalized spacial score (nSPS) is 19.4. The number of anilines is 1. The molecule has 3 nitrogen and oxygen atoms in total. The first-order valence-corrected chi connectivity index (χ1v) is 6.46. The average Bonchev–Trinajstić information content (AvgIpc) is 2.38. The van der Waals surface area contributed by atoms with Crippen molar-refractivity contribution in [3.8, 4) is 5.75 Å². The maximum Gasteiger partial charge on any atom is 0.145 e. The molecule has 96 valence electrons. The summed E-state index contributed by atoms with van der Waals surface area (Å²) in [5.41, 5.74) is 1.77. The van der Waals surface area contributed by atoms with Crippen molar-refractivity contribution in [2.45, 2.75) is 25.7 Å². The van der Waals surface area contributed by atoms with Crippen LogP contribution in [0.4, 0.5) is 10.1 Å². The molecule has 1 saturated heterocycles. The lowest BCUT2D eigenvalue weighted by Crippen LogP contribution is -2.34. The van der Waals surface area contributed by atoms with Crippen molar-refractivity contribution in [1.29, 1.82) is 0 Å². The van der Waals surface area contributed by atoms with Gasteiger partial charge in [-0.15, -0.1) is 0 Å². The number of aryl methyl sites for hydroxylation is 1. The van der Waals surface area contributed by atoms with Crippen molar-refractivity contribution in [3.05, 3.63) is 23.5 Å². The predicted octanol–water partition coefficient (Wildman–Crippen LogP) is 2.32. The van der Waals surface area contributed by atoms with Gasteiger partial charge in [-0.3, -0.25) is 4.79 Å². The van der Waals surface area contributed by atoms with Crippen LogP contribution in [0.15, 0.2) is 12.1 Å². The Bertz CT molecular complexity index is 477. The van der Waals surface area contributed by atoms with Gasteiger partial charge in [-0.1, -0.05) is 0 Å². The van der Waals surface area contributed by atoms with E-state index in [1.54, 1.807) is 6.07 Å². The van der Waals surface area contributed by atoms with Gasteiger partial charge in [-0.25, -0.2) is 4.39 Å². The number of nitrogens with zero attached hydrogens (tertiary/aromatic N) is 1. The van der Waals surface area contributed by atoms with Gasteiger partial charge in [0, 0.05) is 32.0 Å². The molecule has 0 N–H and O–H groups in total. The number of hydrogen-bond acceptors (Lipinski definition) is 3. The number of Topliss-reactive ketones (excluding diaryl/α,β-unsaturated/α-hetero) is 1. The Morgan fingerprint density at radius 2 is 1.94 bits per heavy atom. The van der Waals surface area contributed by atoms with Gasteiger partial charge in [-0.2, -0.15) is 0 Å². The number of halogens is 1. The van der Waals surface area contributed by atoms with Crippen LogP contribution in [0.5, 0.6) is 5.75 Å². The van der Waals surface area contributed by atoms with Gasteiger partial charge in [0.25, 0.3) is 0 Å². The number of carbonyl (C=O) groups is 1. The number of piperidine rings is 1. The second-order valence-electron chi connectivity index (χ2n) is 4.89. The summed E-state index contributed by atoms with van der Waals surface area (Å²) in [6, 6.07) is 3.09. The highest BCUT2D eigenvalue weighted by Gasteiger charge is 2.23. The van der Waals surface area contributed by atoms with Gasteiger partial charge in [0.1, 0.15) is 17.3 Å². The molecule has 2 heterocycles. The SMILES string of the molecule is O=C1CCN(c2cc(F)cc3c2OCCC3)CC1. The highest BCUT2D eigenvalue weighted by molar-refractivity contribution is 5.81. The fraction of sp³-hybridized carbons (Fsp3) is 0.500. The second kappa shape index (κ2) is 4.59. The summed E-state index contributed by atoms with van der Waals surface area (Å²) in [5.74, 6) is 0.889. The molecular weight excluding hydrogens is 233 g/mol. The zero-order valence-corrected chi connectivity index (χ0v) is 10.2. The van der Waals surface area contributed by atoms with E-state index in [-0.39, 0.29) is 11.6 Å². The van der Waals surface area contributed by atoms with E-state index >= 15 is 0 Å². The molecular formula is C14H16FNO2. The Morgan fingerprint density at radius 3 is 2.72 bits per heavy atom. The lowest BCUT2D eigenvalue weighted by Gasteiger charge is -2.31. The van der Waals surface area contributed by atoms with Crippen molar-refractivity contribution < 1.29 is 13.9 Å². The van der Waals surface area contributed by atoms with E-state index in [9.17, 15) is 9.18 Å². The first kappa shape index (κ1) is 11.5. The molecule has 0 aromatic heterocycles. The minimum atomic E-state index is -0.217. The summed E-state index contributed by atoms with van der Waals surface area (Å²) in [4.78, 5) is 13.3. The number of ketones is 1. The first-order valence-electron chi connectivity index (χ1n) is 6.46. The number of rotatable bonds is 1. The molecule has 0 aliphatic carbocycles. The van der Waals surface area contributed by atoms with E-state index in [4.69, 9.17) is 4.74 Å². The summed E-state index contributed by atoms with van der Waals surface area (Å²) in [6.07, 6.45) is 2.90. The molecule has 18 heavy (non-hydrogen) atoms. The average molecular weight is 249 g/mol. The van der Waals surface area contributed by atoms with E-state index in [0.717, 1.165) is 29.8 Å². The van der Waals surface area contributed by atoms with Crippen LogP contribution in [0.1, 0.15) is 24.8 Å². The second-order valence-corrected chi connectivity index (χ2v) is 4.89. The third-order valence-electron chi connectivity index (χ3n) is 3.61. The molecule has 0 atom stereocenters. The summed E-state index contributed by atoms with van der Waals surface area (Å²) < 4.78 is 19.3. The molecule has 0 bridgehead atoms. The van der Waals surface area contributed by atoms with Gasteiger partial charge in [0.05, 0.1) is 12.3 Å². The smallest absolute Gasteiger partial charge is 0.145 e. The molecule has 1 aromatic carbocycles. The molecule has 1 fully saturated rings. The molecule has 0 saturated carbocycles. The van der Waals surface area contributed by atoms with Crippen LogP contribution in [0.25, 0.3) is 0 Å². The molecule has 2 aliphatic rings. The van der Waals surface area contributed by atoms with Crippen LogP contribution < -0.4 is 9.64 Å². The zero-order valence-electron chi connectivity index (χ0n) is 10.2. The van der Waals surface area contributed by atoms with E-state index in [0.29, 0.717) is 32.5 Å². The van der Waals surface area contributed by atoms with Crippen molar-refractivity contribution in [3.63, 3.8) is 0 Å². The zero-order chi connectivity index (χ0) is 12.5. The predicted molar refractivity (Wildman–Crippen MR) is 66.7 cm³/mol. The summed E-state index contributed by atoms with van der Waals surface area (Å²) in [5, 5.41) is 0. The topological polar surface area (TPSA) is 29.5 Å². The van der Waals surface area contributed by atoms with Crippen LogP contribution in [0.2, 0.25) is 0 Å². The van der Waals surface area contributed by atoms with E-state index in [1.807, 2.05) is 0 Å². The molecule has 0 spiro atoms. The summed E-state index contributed by atoms with van der Waals surface area (Å²) in [6.45, 7) is 2.02. The third kappa shape index (κ3) is 2.07. The maximum atomic E-state index is 13.6. The highest BCUT2D eigenvalue weighted by atomic mass is 19.1. The van der Waals surface area contributed by atoms with Gasteiger partial charge in [0.15, 0.2) is 0 Å². The fourth-order valence-corrected chi connectivity index (χ4v) is 2.66. The molecule has 2 aliphatic heterocycles. The Hall–Kier alpha value is -1.58. The molecule has 0 unspecified atom stereocenters. The standard InChI is InChI=1S/C14H16FNO2/c15-11-8-10-2-1-7-18-14(10)13(9-11)16-5-3-12(17)4-6-16/h8-9H,1-7H2. The van der Waals surface area contributed by atoms with E-state index < -0.39 is 0 Å². The molecule has 0 amide bonds. The molecule has 4 heteroatoms.